The predicted octanol–water partition coefficient (Wildman–Crippen LogP) is 3.13. The quantitative estimate of drug-likeness (QED) is 0.757. The molecule has 2 saturated carbocycles. The molecule has 6 nitrogen and oxygen atoms in total. The van der Waals surface area contributed by atoms with E-state index in [9.17, 15) is 9.59 Å². The smallest absolute Gasteiger partial charge is 0.240 e. The van der Waals surface area contributed by atoms with Crippen LogP contribution in [0.5, 0.6) is 0 Å². The third-order valence-electron chi connectivity index (χ3n) is 5.01. The fourth-order valence-electron chi connectivity index (χ4n) is 3.28. The van der Waals surface area contributed by atoms with Gasteiger partial charge in [0.05, 0.1) is 0 Å². The Morgan fingerprint density at radius 2 is 1.25 bits per heavy atom. The molecule has 0 aliphatic heterocycles. The molecule has 2 rings (SSSR count). The number of amides is 2. The zero-order valence-electron chi connectivity index (χ0n) is 14.9. The van der Waals surface area contributed by atoms with Crippen LogP contribution < -0.4 is 10.9 Å². The Hall–Kier alpha value is -1.72. The zero-order valence-corrected chi connectivity index (χ0v) is 14.9. The molecule has 2 atom stereocenters. The van der Waals surface area contributed by atoms with Gasteiger partial charge in [-0.25, -0.2) is 10.9 Å². The van der Waals surface area contributed by atoms with Crippen molar-refractivity contribution in [3.8, 4) is 0 Å². The van der Waals surface area contributed by atoms with Crippen LogP contribution in [-0.4, -0.2) is 23.2 Å². The predicted molar refractivity (Wildman–Crippen MR) is 95.7 cm³/mol. The molecule has 0 unspecified atom stereocenters. The van der Waals surface area contributed by atoms with Crippen LogP contribution in [0.4, 0.5) is 0 Å². The molecule has 6 heteroatoms. The number of hydrogen-bond acceptors (Lipinski definition) is 4. The lowest BCUT2D eigenvalue weighted by molar-refractivity contribution is -0.126. The van der Waals surface area contributed by atoms with Crippen molar-refractivity contribution in [3.05, 3.63) is 0 Å². The van der Waals surface area contributed by atoms with Crippen LogP contribution >= 0.6 is 0 Å². The molecule has 2 aliphatic rings. The monoisotopic (exact) mass is 334 g/mol. The van der Waals surface area contributed by atoms with Gasteiger partial charge in [-0.1, -0.05) is 26.7 Å². The van der Waals surface area contributed by atoms with Gasteiger partial charge in [-0.05, 0) is 50.4 Å². The maximum Gasteiger partial charge on any atom is 0.240 e. The Balaban J connectivity index is 1.68. The molecule has 0 saturated heterocycles. The number of hydrogen-bond donors (Lipinski definition) is 2. The molecule has 2 fully saturated rings. The summed E-state index contributed by atoms with van der Waals surface area (Å²) in [5, 5.41) is 8.46. The molecule has 0 radical (unpaired) electrons. The summed E-state index contributed by atoms with van der Waals surface area (Å²) in [5.74, 6) is 0.453. The minimum absolute atomic E-state index is 0.136. The second-order valence-electron chi connectivity index (χ2n) is 7.07. The Kier molecular flexibility index (Phi) is 7.40. The van der Waals surface area contributed by atoms with E-state index in [2.05, 4.69) is 34.9 Å². The van der Waals surface area contributed by atoms with Gasteiger partial charge in [0, 0.05) is 24.3 Å². The van der Waals surface area contributed by atoms with Gasteiger partial charge in [0.2, 0.25) is 11.8 Å². The molecular weight excluding hydrogens is 304 g/mol. The van der Waals surface area contributed by atoms with Crippen molar-refractivity contribution in [2.24, 2.45) is 22.0 Å². The number of nitrogens with one attached hydrogen (secondary N) is 2. The second-order valence-corrected chi connectivity index (χ2v) is 7.07. The second kappa shape index (κ2) is 9.55. The summed E-state index contributed by atoms with van der Waals surface area (Å²) in [6.07, 6.45) is 9.20. The zero-order chi connectivity index (χ0) is 17.4. The first-order valence-electron chi connectivity index (χ1n) is 9.27. The lowest BCUT2D eigenvalue weighted by Gasteiger charge is -2.20. The normalized spacial score (nSPS) is 27.9. The molecule has 24 heavy (non-hydrogen) atoms. The third kappa shape index (κ3) is 6.06. The van der Waals surface area contributed by atoms with Gasteiger partial charge < -0.3 is 0 Å². The summed E-state index contributed by atoms with van der Waals surface area (Å²) in [5.41, 5.74) is 7.30. The van der Waals surface area contributed by atoms with E-state index in [4.69, 9.17) is 0 Å². The first-order valence-corrected chi connectivity index (χ1v) is 9.27. The van der Waals surface area contributed by atoms with Crippen LogP contribution in [0, 0.1) is 11.8 Å². The van der Waals surface area contributed by atoms with Gasteiger partial charge >= 0.3 is 0 Å². The van der Waals surface area contributed by atoms with E-state index in [1.54, 1.807) is 0 Å². The van der Waals surface area contributed by atoms with Crippen molar-refractivity contribution < 1.29 is 9.59 Å². The van der Waals surface area contributed by atoms with E-state index in [-0.39, 0.29) is 24.7 Å². The highest BCUT2D eigenvalue weighted by Crippen LogP contribution is 2.21. The number of hydrazone groups is 2. The SMILES string of the molecule is C[C@@H]1CCCCC1=NNC(=O)CCC(=O)NN=C1CCCC[C@@H]1C. The molecule has 2 aliphatic carbocycles. The van der Waals surface area contributed by atoms with Crippen molar-refractivity contribution in [2.45, 2.75) is 78.1 Å². The average Bonchev–Trinajstić information content (AvgIpc) is 2.58. The van der Waals surface area contributed by atoms with Crippen molar-refractivity contribution in [3.63, 3.8) is 0 Å². The Morgan fingerprint density at radius 1 is 0.833 bits per heavy atom. The molecule has 0 aromatic rings. The average molecular weight is 334 g/mol. The standard InChI is InChI=1S/C18H30N4O2/c1-13-7-3-5-9-15(13)19-21-17(23)11-12-18(24)22-20-16-10-6-4-8-14(16)2/h13-14H,3-12H2,1-2H3,(H,21,23)(H,22,24)/t13-,14+. The highest BCUT2D eigenvalue weighted by molar-refractivity contribution is 5.90. The van der Waals surface area contributed by atoms with E-state index in [1.165, 1.54) is 12.8 Å². The molecule has 0 aromatic carbocycles. The van der Waals surface area contributed by atoms with Gasteiger partial charge in [0.25, 0.3) is 0 Å². The maximum atomic E-state index is 11.8. The highest BCUT2D eigenvalue weighted by atomic mass is 16.2. The van der Waals surface area contributed by atoms with Crippen molar-refractivity contribution in [1.82, 2.24) is 10.9 Å². The summed E-state index contributed by atoms with van der Waals surface area (Å²) < 4.78 is 0. The van der Waals surface area contributed by atoms with Gasteiger partial charge in [0.15, 0.2) is 0 Å². The van der Waals surface area contributed by atoms with Gasteiger partial charge in [0.1, 0.15) is 0 Å². The minimum Gasteiger partial charge on any atom is -0.273 e. The number of carbonyl (C=O) groups is 2. The van der Waals surface area contributed by atoms with Crippen LogP contribution in [-0.2, 0) is 9.59 Å². The van der Waals surface area contributed by atoms with Gasteiger partial charge in [-0.3, -0.25) is 9.59 Å². The molecule has 2 amide bonds. The van der Waals surface area contributed by atoms with Crippen LogP contribution in [0.1, 0.15) is 78.1 Å². The lowest BCUT2D eigenvalue weighted by atomic mass is 9.89. The fourth-order valence-corrected chi connectivity index (χ4v) is 3.28. The molecule has 0 aromatic heterocycles. The first-order chi connectivity index (χ1) is 11.6. The number of carbonyl (C=O) groups excluding carboxylic acids is 2. The number of rotatable bonds is 5. The van der Waals surface area contributed by atoms with Crippen LogP contribution in [0.25, 0.3) is 0 Å². The van der Waals surface area contributed by atoms with E-state index in [1.807, 2.05) is 0 Å². The van der Waals surface area contributed by atoms with Crippen LogP contribution in [0.2, 0.25) is 0 Å². The summed E-state index contributed by atoms with van der Waals surface area (Å²) >= 11 is 0. The highest BCUT2D eigenvalue weighted by Gasteiger charge is 2.17. The van der Waals surface area contributed by atoms with Crippen LogP contribution in [0.3, 0.4) is 0 Å². The molecule has 0 bridgehead atoms. The summed E-state index contributed by atoms with van der Waals surface area (Å²) in [4.78, 5) is 23.6. The van der Waals surface area contributed by atoms with E-state index >= 15 is 0 Å². The molecule has 0 spiro atoms. The van der Waals surface area contributed by atoms with E-state index in [0.29, 0.717) is 11.8 Å². The fraction of sp³-hybridized carbons (Fsp3) is 0.778. The molecule has 2 N–H and O–H groups in total. The Morgan fingerprint density at radius 3 is 1.62 bits per heavy atom. The Labute approximate surface area is 144 Å². The third-order valence-corrected chi connectivity index (χ3v) is 5.01. The van der Waals surface area contributed by atoms with Crippen molar-refractivity contribution in [1.29, 1.82) is 0 Å². The minimum atomic E-state index is -0.214. The van der Waals surface area contributed by atoms with Gasteiger partial charge in [-0.15, -0.1) is 0 Å². The molecule has 0 heterocycles. The Bertz CT molecular complexity index is 467. The van der Waals surface area contributed by atoms with E-state index < -0.39 is 0 Å². The van der Waals surface area contributed by atoms with Crippen molar-refractivity contribution in [2.75, 3.05) is 0 Å². The van der Waals surface area contributed by atoms with Crippen LogP contribution in [0.15, 0.2) is 10.2 Å². The van der Waals surface area contributed by atoms with E-state index in [0.717, 1.165) is 49.9 Å². The maximum absolute atomic E-state index is 11.8. The molecule has 134 valence electrons. The van der Waals surface area contributed by atoms with Crippen molar-refractivity contribution >= 4 is 23.2 Å². The number of nitrogens with zero attached hydrogens (tertiary/aromatic N) is 2. The summed E-state index contributed by atoms with van der Waals surface area (Å²) in [6, 6.07) is 0. The lowest BCUT2D eigenvalue weighted by Crippen LogP contribution is -2.27. The summed E-state index contributed by atoms with van der Waals surface area (Å²) in [7, 11) is 0. The topological polar surface area (TPSA) is 82.9 Å². The van der Waals surface area contributed by atoms with Gasteiger partial charge in [-0.2, -0.15) is 10.2 Å². The molecular formula is C18H30N4O2. The largest absolute Gasteiger partial charge is 0.273 e. The first kappa shape index (κ1) is 18.6. The summed E-state index contributed by atoms with van der Waals surface area (Å²) in [6.45, 7) is 4.28.